The van der Waals surface area contributed by atoms with Crippen molar-refractivity contribution in [2.75, 3.05) is 20.1 Å². The highest BCUT2D eigenvalue weighted by molar-refractivity contribution is 4.94. The molecule has 0 amide bonds. The van der Waals surface area contributed by atoms with E-state index in [0.717, 1.165) is 13.1 Å². The van der Waals surface area contributed by atoms with Crippen LogP contribution in [0.3, 0.4) is 0 Å². The Kier molecular flexibility index (Phi) is 8.78. The molecule has 0 rings (SSSR count). The summed E-state index contributed by atoms with van der Waals surface area (Å²) in [7, 11) is 2.16. The van der Waals surface area contributed by atoms with Crippen LogP contribution in [-0.4, -0.2) is 25.0 Å². The van der Waals surface area contributed by atoms with Crippen LogP contribution in [-0.2, 0) is 0 Å². The van der Waals surface area contributed by atoms with Crippen molar-refractivity contribution >= 4 is 0 Å². The molecular weight excluding hydrogens is 170 g/mol. The first-order valence-corrected chi connectivity index (χ1v) is 5.89. The number of terminal acetylenes is 1. The van der Waals surface area contributed by atoms with Gasteiger partial charge < -0.3 is 4.90 Å². The van der Waals surface area contributed by atoms with Gasteiger partial charge in [-0.1, -0.05) is 33.1 Å². The van der Waals surface area contributed by atoms with Crippen molar-refractivity contribution < 1.29 is 1.43 Å². The first kappa shape index (κ1) is 13.5. The molecule has 1 nitrogen and oxygen atoms in total. The van der Waals surface area contributed by atoms with Crippen molar-refractivity contribution in [2.45, 2.75) is 46.0 Å². The van der Waals surface area contributed by atoms with Crippen molar-refractivity contribution in [3.05, 3.63) is 0 Å². The molecule has 0 aromatic carbocycles. The summed E-state index contributed by atoms with van der Waals surface area (Å²) in [5, 5.41) is 0. The Bertz CT molecular complexity index is 162. The largest absolute Gasteiger partial charge is 0.305 e. The van der Waals surface area contributed by atoms with Crippen LogP contribution in [0, 0.1) is 18.3 Å². The molecule has 1 atom stereocenters. The molecule has 0 radical (unpaired) electrons. The van der Waals surface area contributed by atoms with E-state index in [1.165, 1.54) is 32.1 Å². The normalized spacial score (nSPS) is 12.8. The van der Waals surface area contributed by atoms with Gasteiger partial charge in [-0.05, 0) is 26.4 Å². The standard InChI is InChI=1S/C13H25N.H2/c1-5-8-9-10-13(7-3)12-14(4)11-6-2;/h3,13H,5-6,8-12H2,1-2,4H3;1H. The zero-order chi connectivity index (χ0) is 10.8. The summed E-state index contributed by atoms with van der Waals surface area (Å²) in [6.45, 7) is 6.66. The summed E-state index contributed by atoms with van der Waals surface area (Å²) in [5.74, 6) is 3.37. The number of hydrogen-bond donors (Lipinski definition) is 0. The molecule has 1 heteroatoms. The van der Waals surface area contributed by atoms with Crippen LogP contribution in [0.15, 0.2) is 0 Å². The Morgan fingerprint density at radius 3 is 2.50 bits per heavy atom. The predicted molar refractivity (Wildman–Crippen MR) is 66.4 cm³/mol. The van der Waals surface area contributed by atoms with E-state index in [9.17, 15) is 0 Å². The lowest BCUT2D eigenvalue weighted by molar-refractivity contribution is 0.295. The average Bonchev–Trinajstić information content (AvgIpc) is 2.17. The van der Waals surface area contributed by atoms with E-state index >= 15 is 0 Å². The Hall–Kier alpha value is -0.480. The maximum absolute atomic E-state index is 5.52. The van der Waals surface area contributed by atoms with Gasteiger partial charge >= 0.3 is 0 Å². The van der Waals surface area contributed by atoms with Crippen LogP contribution in [0.4, 0.5) is 0 Å². The Labute approximate surface area is 91.4 Å². The average molecular weight is 197 g/mol. The van der Waals surface area contributed by atoms with E-state index in [1.54, 1.807) is 0 Å². The van der Waals surface area contributed by atoms with Crippen LogP contribution < -0.4 is 0 Å². The molecule has 0 saturated heterocycles. The van der Waals surface area contributed by atoms with E-state index in [-0.39, 0.29) is 1.43 Å². The van der Waals surface area contributed by atoms with Gasteiger partial charge in [-0.2, -0.15) is 0 Å². The van der Waals surface area contributed by atoms with Gasteiger partial charge in [0.2, 0.25) is 0 Å². The summed E-state index contributed by atoms with van der Waals surface area (Å²) in [6.07, 6.45) is 11.8. The molecule has 0 heterocycles. The highest BCUT2D eigenvalue weighted by Gasteiger charge is 2.07. The second kappa shape index (κ2) is 9.09. The number of hydrogen-bond acceptors (Lipinski definition) is 1. The van der Waals surface area contributed by atoms with E-state index in [1.807, 2.05) is 0 Å². The molecule has 0 bridgehead atoms. The highest BCUT2D eigenvalue weighted by atomic mass is 15.1. The monoisotopic (exact) mass is 197 g/mol. The zero-order valence-corrected chi connectivity index (χ0v) is 10.1. The first-order valence-electron chi connectivity index (χ1n) is 5.89. The quantitative estimate of drug-likeness (QED) is 0.426. The lowest BCUT2D eigenvalue weighted by atomic mass is 10.0. The third kappa shape index (κ3) is 6.97. The smallest absolute Gasteiger partial charge is 0.0327 e. The molecule has 0 spiro atoms. The maximum Gasteiger partial charge on any atom is 0.0327 e. The van der Waals surface area contributed by atoms with E-state index in [2.05, 4.69) is 31.7 Å². The van der Waals surface area contributed by atoms with Gasteiger partial charge in [0.15, 0.2) is 0 Å². The minimum absolute atomic E-state index is 0. The Morgan fingerprint density at radius 2 is 2.00 bits per heavy atom. The molecular formula is C13H27N. The van der Waals surface area contributed by atoms with Crippen LogP contribution >= 0.6 is 0 Å². The molecule has 0 aliphatic heterocycles. The van der Waals surface area contributed by atoms with Crippen molar-refractivity contribution in [3.63, 3.8) is 0 Å². The molecule has 0 aromatic heterocycles. The van der Waals surface area contributed by atoms with E-state index in [0.29, 0.717) is 5.92 Å². The summed E-state index contributed by atoms with van der Waals surface area (Å²) < 4.78 is 0. The molecule has 0 aliphatic rings. The Balaban J connectivity index is 0. The van der Waals surface area contributed by atoms with Crippen LogP contribution in [0.1, 0.15) is 47.4 Å². The van der Waals surface area contributed by atoms with Gasteiger partial charge in [0, 0.05) is 13.9 Å². The lowest BCUT2D eigenvalue weighted by Gasteiger charge is -2.19. The molecule has 0 N–H and O–H groups in total. The van der Waals surface area contributed by atoms with Gasteiger partial charge in [-0.3, -0.25) is 0 Å². The molecule has 0 saturated carbocycles. The van der Waals surface area contributed by atoms with Gasteiger partial charge in [0.25, 0.3) is 0 Å². The van der Waals surface area contributed by atoms with Crippen molar-refractivity contribution in [1.29, 1.82) is 0 Å². The second-order valence-corrected chi connectivity index (χ2v) is 4.12. The summed E-state index contributed by atoms with van der Waals surface area (Å²) in [6, 6.07) is 0. The number of unbranched alkanes of at least 4 members (excludes halogenated alkanes) is 2. The molecule has 14 heavy (non-hydrogen) atoms. The number of nitrogens with zero attached hydrogens (tertiary/aromatic N) is 1. The SMILES string of the molecule is C#CC(CCCCC)CN(C)CCC.[HH]. The van der Waals surface area contributed by atoms with Crippen LogP contribution in [0.5, 0.6) is 0 Å². The van der Waals surface area contributed by atoms with Gasteiger partial charge in [0.1, 0.15) is 0 Å². The first-order chi connectivity index (χ1) is 6.74. The van der Waals surface area contributed by atoms with E-state index in [4.69, 9.17) is 6.42 Å². The predicted octanol–water partition coefficient (Wildman–Crippen LogP) is 3.40. The van der Waals surface area contributed by atoms with Crippen molar-refractivity contribution in [2.24, 2.45) is 5.92 Å². The van der Waals surface area contributed by atoms with Gasteiger partial charge in [-0.15, -0.1) is 12.3 Å². The van der Waals surface area contributed by atoms with Crippen LogP contribution in [0.2, 0.25) is 0 Å². The minimum Gasteiger partial charge on any atom is -0.305 e. The second-order valence-electron chi connectivity index (χ2n) is 4.12. The van der Waals surface area contributed by atoms with Crippen LogP contribution in [0.25, 0.3) is 0 Å². The van der Waals surface area contributed by atoms with Crippen molar-refractivity contribution in [1.82, 2.24) is 4.90 Å². The lowest BCUT2D eigenvalue weighted by Crippen LogP contribution is -2.25. The zero-order valence-electron chi connectivity index (χ0n) is 10.1. The fourth-order valence-corrected chi connectivity index (χ4v) is 1.72. The third-order valence-corrected chi connectivity index (χ3v) is 2.53. The Morgan fingerprint density at radius 1 is 1.29 bits per heavy atom. The van der Waals surface area contributed by atoms with Crippen molar-refractivity contribution in [3.8, 4) is 12.3 Å². The fraction of sp³-hybridized carbons (Fsp3) is 0.846. The molecule has 84 valence electrons. The molecule has 1 unspecified atom stereocenters. The molecule has 0 aliphatic carbocycles. The fourth-order valence-electron chi connectivity index (χ4n) is 1.72. The van der Waals surface area contributed by atoms with E-state index < -0.39 is 0 Å². The summed E-state index contributed by atoms with van der Waals surface area (Å²) in [4.78, 5) is 2.34. The highest BCUT2D eigenvalue weighted by Crippen LogP contribution is 2.10. The third-order valence-electron chi connectivity index (χ3n) is 2.53. The molecule has 0 aromatic rings. The van der Waals surface area contributed by atoms with Gasteiger partial charge in [-0.25, -0.2) is 0 Å². The number of rotatable bonds is 8. The minimum atomic E-state index is 0. The molecule has 0 fully saturated rings. The maximum atomic E-state index is 5.52. The summed E-state index contributed by atoms with van der Waals surface area (Å²) >= 11 is 0. The topological polar surface area (TPSA) is 3.24 Å². The van der Waals surface area contributed by atoms with Gasteiger partial charge in [0.05, 0.1) is 0 Å². The summed E-state index contributed by atoms with van der Waals surface area (Å²) in [5.41, 5.74) is 0.